The highest BCUT2D eigenvalue weighted by molar-refractivity contribution is 7.92. The van der Waals surface area contributed by atoms with E-state index in [1.807, 2.05) is 0 Å². The third-order valence-electron chi connectivity index (χ3n) is 15.3. The molecule has 27 heteroatoms. The van der Waals surface area contributed by atoms with Crippen LogP contribution in [0.2, 0.25) is 0 Å². The van der Waals surface area contributed by atoms with E-state index in [4.69, 9.17) is 15.2 Å². The number of aliphatic carboxylic acids is 2. The number of hydrogen-bond acceptors (Lipinski definition) is 18. The molecule has 1 aromatic rings. The number of aromatic amines is 1. The highest BCUT2D eigenvalue weighted by Crippen LogP contribution is 2.23. The minimum Gasteiger partial charge on any atom is -0.480 e. The number of nitrogens with zero attached hydrogens (tertiary/aromatic N) is 3. The number of sulfone groups is 1. The Labute approximate surface area is 536 Å². The van der Waals surface area contributed by atoms with Gasteiger partial charge in [0.15, 0.2) is 15.7 Å². The Kier molecular flexibility index (Phi) is 49.4. The van der Waals surface area contributed by atoms with Crippen LogP contribution in [0.25, 0.3) is 0 Å². The Bertz CT molecular complexity index is 2310. The number of carbonyl (C=O) groups excluding carboxylic acids is 8. The molecule has 0 aliphatic heterocycles. The summed E-state index contributed by atoms with van der Waals surface area (Å²) < 4.78 is 35.8. The molecule has 2 unspecified atom stereocenters. The smallest absolute Gasteiger partial charge is 0.326 e. The first kappa shape index (κ1) is 84.2. The molecule has 0 bridgehead atoms. The number of carboxylic acids is 2. The summed E-state index contributed by atoms with van der Waals surface area (Å²) in [4.78, 5) is 122. The molecule has 1 heterocycles. The third-order valence-corrected chi connectivity index (χ3v) is 17.0. The summed E-state index contributed by atoms with van der Waals surface area (Å²) in [6, 6.07) is -2.73. The van der Waals surface area contributed by atoms with Crippen LogP contribution < -0.4 is 33.2 Å². The number of primary amides is 1. The fraction of sp³-hybridized carbons (Fsp3) is 0.825. The molecule has 1 aromatic heterocycles. The summed E-state index contributed by atoms with van der Waals surface area (Å²) in [6.45, 7) is 6.60. The second-order valence-corrected chi connectivity index (χ2v) is 26.7. The van der Waals surface area contributed by atoms with Crippen LogP contribution in [0.3, 0.4) is 0 Å². The van der Waals surface area contributed by atoms with Crippen LogP contribution in [0.4, 0.5) is 0 Å². The molecule has 520 valence electrons. The molecule has 1 rings (SSSR count). The Balaban J connectivity index is 0. The third kappa shape index (κ3) is 49.0. The van der Waals surface area contributed by atoms with Crippen molar-refractivity contribution >= 4 is 68.7 Å². The van der Waals surface area contributed by atoms with Gasteiger partial charge >= 0.3 is 11.9 Å². The molecule has 0 aliphatic rings. The van der Waals surface area contributed by atoms with Gasteiger partial charge in [-0.3, -0.25) is 38.4 Å². The highest BCUT2D eigenvalue weighted by atomic mass is 32.2. The standard InChI is InChI=1S/C63H111N9O16S.H3N.H2/c1-63(2,3)54(75)46-49(60(64)80)30-25-27-41-66-59(79)47-88-44-43-87-42-28-32-50(73)36-37-52(61(81)82)68-58(78)39-38-53(62(83)84)67-57(77)34-24-20-16-12-9-13-17-21-26-40-65-56(76)35-29-45-89(85,86)48-51(74)31-22-18-14-10-7-5-4-6-8-11-15-19-23-33-55-69-71-72-70-55;;/h49,52-53H,4-48H2,1-3H3,(H2,64,80)(H,65,76)(H,66,79)(H,67,77)(H,68,78)(H,81,82)(H,83,84)(H,69,70,71,72);1H3;1H/t49-,52?,53?;;/m1../s1. The molecule has 90 heavy (non-hydrogen) atoms. The second-order valence-electron chi connectivity index (χ2n) is 24.6. The minimum absolute atomic E-state index is 0. The number of aryl methyl sites for hydroxylation is 1. The van der Waals surface area contributed by atoms with Crippen molar-refractivity contribution in [1.82, 2.24) is 48.0 Å². The molecule has 0 aromatic carbocycles. The van der Waals surface area contributed by atoms with E-state index in [9.17, 15) is 66.6 Å². The van der Waals surface area contributed by atoms with E-state index in [-0.39, 0.29) is 133 Å². The van der Waals surface area contributed by atoms with Gasteiger partial charge in [-0.25, -0.2) is 18.0 Å². The molecule has 5 amide bonds. The van der Waals surface area contributed by atoms with E-state index >= 15 is 0 Å². The number of carbonyl (C=O) groups is 10. The van der Waals surface area contributed by atoms with Gasteiger partial charge < -0.3 is 52.8 Å². The second kappa shape index (κ2) is 52.8. The van der Waals surface area contributed by atoms with Crippen molar-refractivity contribution in [1.29, 1.82) is 0 Å². The number of nitrogens with one attached hydrogen (secondary N) is 5. The van der Waals surface area contributed by atoms with Crippen molar-refractivity contribution in [2.75, 3.05) is 51.0 Å². The van der Waals surface area contributed by atoms with Crippen molar-refractivity contribution in [2.45, 2.75) is 270 Å². The molecule has 0 fully saturated rings. The molecule has 0 saturated heterocycles. The molecule has 3 atom stereocenters. The summed E-state index contributed by atoms with van der Waals surface area (Å²) >= 11 is 0. The highest BCUT2D eigenvalue weighted by Gasteiger charge is 2.28. The largest absolute Gasteiger partial charge is 0.480 e. The van der Waals surface area contributed by atoms with Gasteiger partial charge in [-0.1, -0.05) is 148 Å². The number of ketones is 3. The van der Waals surface area contributed by atoms with Crippen LogP contribution in [0.5, 0.6) is 0 Å². The number of aromatic nitrogens is 4. The number of rotatable bonds is 61. The van der Waals surface area contributed by atoms with Gasteiger partial charge in [0.2, 0.25) is 29.5 Å². The Morgan fingerprint density at radius 2 is 1.00 bits per heavy atom. The first-order chi connectivity index (χ1) is 42.5. The van der Waals surface area contributed by atoms with Crippen LogP contribution in [0.15, 0.2) is 0 Å². The number of unbranched alkanes of at least 4 members (excludes halogenated alkanes) is 21. The molecule has 12 N–H and O–H groups in total. The van der Waals surface area contributed by atoms with E-state index in [2.05, 4.69) is 41.9 Å². The Morgan fingerprint density at radius 1 is 0.533 bits per heavy atom. The van der Waals surface area contributed by atoms with Crippen LogP contribution >= 0.6 is 0 Å². The van der Waals surface area contributed by atoms with Crippen LogP contribution in [-0.2, 0) is 73.7 Å². The fourth-order valence-corrected chi connectivity index (χ4v) is 11.2. The van der Waals surface area contributed by atoms with Crippen LogP contribution in [-0.4, -0.2) is 161 Å². The topological polar surface area (TPSA) is 427 Å². The first-order valence-electron chi connectivity index (χ1n) is 33.0. The minimum atomic E-state index is -3.55. The van der Waals surface area contributed by atoms with Gasteiger partial charge in [-0.05, 0) is 64.2 Å². The summed E-state index contributed by atoms with van der Waals surface area (Å²) in [7, 11) is -3.55. The van der Waals surface area contributed by atoms with Crippen molar-refractivity contribution in [3.63, 3.8) is 0 Å². The zero-order valence-corrected chi connectivity index (χ0v) is 55.5. The van der Waals surface area contributed by atoms with Gasteiger partial charge in [0, 0.05) is 83.8 Å². The summed E-state index contributed by atoms with van der Waals surface area (Å²) in [5, 5.41) is 43.7. The van der Waals surface area contributed by atoms with Gasteiger partial charge in [-0.15, -0.1) is 10.2 Å². The lowest BCUT2D eigenvalue weighted by molar-refractivity contribution is -0.143. The summed E-state index contributed by atoms with van der Waals surface area (Å²) in [5.41, 5.74) is 4.92. The lowest BCUT2D eigenvalue weighted by atomic mass is 9.83. The number of amides is 5. The average Bonchev–Trinajstić information content (AvgIpc) is 4.17. The molecule has 26 nitrogen and oxygen atoms in total. The predicted molar refractivity (Wildman–Crippen MR) is 344 cm³/mol. The van der Waals surface area contributed by atoms with E-state index in [1.54, 1.807) is 20.8 Å². The summed E-state index contributed by atoms with van der Waals surface area (Å²) in [5.74, 6) is -5.85. The molecule has 0 spiro atoms. The maximum absolute atomic E-state index is 12.6. The van der Waals surface area contributed by atoms with E-state index in [0.29, 0.717) is 51.6 Å². The maximum atomic E-state index is 12.6. The van der Waals surface area contributed by atoms with Crippen LogP contribution in [0.1, 0.15) is 259 Å². The van der Waals surface area contributed by atoms with Crippen molar-refractivity contribution in [3.8, 4) is 0 Å². The normalized spacial score (nSPS) is 12.5. The number of ether oxygens (including phenoxy) is 2. The monoisotopic (exact) mass is 1300 g/mol. The first-order valence-corrected chi connectivity index (χ1v) is 34.8. The van der Waals surface area contributed by atoms with E-state index in [1.165, 1.54) is 51.4 Å². The van der Waals surface area contributed by atoms with E-state index < -0.39 is 68.7 Å². The fourth-order valence-electron chi connectivity index (χ4n) is 9.82. The quantitative estimate of drug-likeness (QED) is 0.0280. The Hall–Kier alpha value is -5.80. The van der Waals surface area contributed by atoms with Crippen LogP contribution in [0, 0.1) is 11.3 Å². The van der Waals surface area contributed by atoms with Crippen molar-refractivity contribution in [3.05, 3.63) is 5.82 Å². The number of H-pyrrole nitrogens is 1. The van der Waals surface area contributed by atoms with Gasteiger partial charge in [0.1, 0.15) is 41.8 Å². The SMILES string of the molecule is CC(C)(C)C(=O)C[C@@H](CCCCNC(=O)COCCOCCCC(=O)CCC(NC(=O)CCC(NC(=O)CCCCCCCCCCCNC(=O)CCCS(=O)(=O)CC(=O)CCCCCCCCCCCCCCCc1nn[nH]n1)C(=O)O)C(=O)O)C(N)=O.N.[HH]. The number of nitrogens with two attached hydrogens (primary N) is 1. The number of hydrogen-bond donors (Lipinski definition) is 9. The number of Topliss-reactive ketones (excluding diaryl/α,β-unsaturated/α-hetero) is 3. The van der Waals surface area contributed by atoms with Gasteiger partial charge in [-0.2, -0.15) is 5.21 Å². The predicted octanol–water partition coefficient (Wildman–Crippen LogP) is 7.87. The van der Waals surface area contributed by atoms with Crippen molar-refractivity contribution in [2.24, 2.45) is 17.1 Å². The lowest BCUT2D eigenvalue weighted by Gasteiger charge is -2.20. The average molecular weight is 1300 g/mol. The lowest BCUT2D eigenvalue weighted by Crippen LogP contribution is -2.44. The zero-order chi connectivity index (χ0) is 66.0. The van der Waals surface area contributed by atoms with Gasteiger partial charge in [0.25, 0.3) is 0 Å². The molecule has 0 saturated carbocycles. The molecule has 0 aliphatic carbocycles. The molecular weight excluding hydrogens is 1180 g/mol. The van der Waals surface area contributed by atoms with E-state index in [0.717, 1.165) is 89.3 Å². The van der Waals surface area contributed by atoms with Gasteiger partial charge in [0.05, 0.1) is 19.0 Å². The number of carboxylic acid groups (broad SMARTS) is 2. The van der Waals surface area contributed by atoms with Crippen molar-refractivity contribution < 1.29 is 77.5 Å². The maximum Gasteiger partial charge on any atom is 0.326 e. The zero-order valence-electron chi connectivity index (χ0n) is 54.7. The Morgan fingerprint density at radius 3 is 1.53 bits per heavy atom. The molecular formula is C63H116N10O16S. The molecule has 0 radical (unpaired) electrons. The summed E-state index contributed by atoms with van der Waals surface area (Å²) in [6.07, 6.45) is 25.5. The number of tetrazole rings is 1.